The number of nitrogens with zero attached hydrogens (tertiary/aromatic N) is 4. The first-order valence-electron chi connectivity index (χ1n) is 8.40. The van der Waals surface area contributed by atoms with Gasteiger partial charge in [0.15, 0.2) is 0 Å². The van der Waals surface area contributed by atoms with Gasteiger partial charge in [0.2, 0.25) is 0 Å². The second-order valence-electron chi connectivity index (χ2n) is 6.63. The van der Waals surface area contributed by atoms with E-state index in [2.05, 4.69) is 55.5 Å². The van der Waals surface area contributed by atoms with Crippen LogP contribution in [-0.4, -0.2) is 60.3 Å². The fourth-order valence-electron chi connectivity index (χ4n) is 2.61. The summed E-state index contributed by atoms with van der Waals surface area (Å²) in [7, 11) is 0. The third kappa shape index (κ3) is 4.92. The second kappa shape index (κ2) is 7.88. The molecule has 0 atom stereocenters. The van der Waals surface area contributed by atoms with Crippen molar-refractivity contribution in [3.05, 3.63) is 17.6 Å². The van der Waals surface area contributed by atoms with E-state index in [1.165, 1.54) is 0 Å². The molecule has 124 valence electrons. The maximum absolute atomic E-state index is 5.64. The Labute approximate surface area is 134 Å². The monoisotopic (exact) mass is 306 g/mol. The van der Waals surface area contributed by atoms with Gasteiger partial charge < -0.3 is 9.64 Å². The summed E-state index contributed by atoms with van der Waals surface area (Å²) in [6.07, 6.45) is 0.319. The predicted octanol–water partition coefficient (Wildman–Crippen LogP) is 2.46. The highest BCUT2D eigenvalue weighted by molar-refractivity contribution is 5.40. The number of piperazine rings is 1. The average Bonchev–Trinajstić information content (AvgIpc) is 2.47. The Morgan fingerprint density at radius 1 is 1.09 bits per heavy atom. The normalized spacial score (nSPS) is 16.8. The van der Waals surface area contributed by atoms with E-state index in [4.69, 9.17) is 9.72 Å². The average molecular weight is 306 g/mol. The molecule has 2 heterocycles. The highest BCUT2D eigenvalue weighted by atomic mass is 16.5. The van der Waals surface area contributed by atoms with Gasteiger partial charge in [-0.3, -0.25) is 4.90 Å². The van der Waals surface area contributed by atoms with Gasteiger partial charge in [0.1, 0.15) is 11.6 Å². The molecule has 2 rings (SSSR count). The number of rotatable bonds is 6. The van der Waals surface area contributed by atoms with Crippen LogP contribution in [0, 0.1) is 6.92 Å². The van der Waals surface area contributed by atoms with Crippen molar-refractivity contribution in [2.75, 3.05) is 44.2 Å². The molecular formula is C17H30N4O. The van der Waals surface area contributed by atoms with Crippen molar-refractivity contribution in [2.45, 2.75) is 46.6 Å². The summed E-state index contributed by atoms with van der Waals surface area (Å²) < 4.78 is 5.64. The van der Waals surface area contributed by atoms with Crippen molar-refractivity contribution in [3.63, 3.8) is 0 Å². The van der Waals surface area contributed by atoms with Crippen molar-refractivity contribution >= 4 is 5.82 Å². The smallest absolute Gasteiger partial charge is 0.133 e. The van der Waals surface area contributed by atoms with E-state index in [0.29, 0.717) is 12.0 Å². The molecule has 0 unspecified atom stereocenters. The minimum atomic E-state index is 0.319. The molecular weight excluding hydrogens is 276 g/mol. The summed E-state index contributed by atoms with van der Waals surface area (Å²) in [5.74, 6) is 2.39. The molecule has 0 saturated carbocycles. The molecule has 0 N–H and O–H groups in total. The van der Waals surface area contributed by atoms with E-state index >= 15 is 0 Å². The molecule has 1 fully saturated rings. The van der Waals surface area contributed by atoms with Crippen LogP contribution in [-0.2, 0) is 4.74 Å². The van der Waals surface area contributed by atoms with Gasteiger partial charge in [0, 0.05) is 50.4 Å². The summed E-state index contributed by atoms with van der Waals surface area (Å²) in [6, 6.07) is 2.10. The minimum absolute atomic E-state index is 0.319. The van der Waals surface area contributed by atoms with Crippen molar-refractivity contribution in [2.24, 2.45) is 0 Å². The Hall–Kier alpha value is -1.20. The Kier molecular flexibility index (Phi) is 6.15. The molecule has 0 amide bonds. The first-order valence-corrected chi connectivity index (χ1v) is 8.40. The Bertz CT molecular complexity index is 468. The number of ether oxygens (including phenoxy) is 1. The Morgan fingerprint density at radius 3 is 2.36 bits per heavy atom. The fourth-order valence-corrected chi connectivity index (χ4v) is 2.61. The molecule has 5 heteroatoms. The lowest BCUT2D eigenvalue weighted by molar-refractivity contribution is 0.0578. The molecule has 0 aliphatic carbocycles. The highest BCUT2D eigenvalue weighted by Crippen LogP contribution is 2.18. The van der Waals surface area contributed by atoms with Crippen LogP contribution in [0.1, 0.15) is 45.1 Å². The van der Waals surface area contributed by atoms with E-state index in [1.54, 1.807) is 0 Å². The number of anilines is 1. The summed E-state index contributed by atoms with van der Waals surface area (Å²) in [5, 5.41) is 0. The minimum Gasteiger partial charge on any atom is -0.377 e. The topological polar surface area (TPSA) is 41.5 Å². The van der Waals surface area contributed by atoms with Crippen molar-refractivity contribution in [1.82, 2.24) is 14.9 Å². The first-order chi connectivity index (χ1) is 10.5. The molecule has 1 aromatic rings. The van der Waals surface area contributed by atoms with Crippen LogP contribution in [0.5, 0.6) is 0 Å². The zero-order chi connectivity index (χ0) is 16.1. The van der Waals surface area contributed by atoms with Crippen LogP contribution in [0.25, 0.3) is 0 Å². The van der Waals surface area contributed by atoms with Gasteiger partial charge in [-0.05, 0) is 20.8 Å². The molecule has 1 aliphatic rings. The van der Waals surface area contributed by atoms with E-state index in [1.807, 2.05) is 0 Å². The van der Waals surface area contributed by atoms with E-state index in [9.17, 15) is 0 Å². The lowest BCUT2D eigenvalue weighted by Gasteiger charge is -2.35. The summed E-state index contributed by atoms with van der Waals surface area (Å²) in [6.45, 7) is 16.5. The standard InChI is InChI=1S/C17H30N4O/c1-13(2)17-18-15(5)12-16(19-17)21-8-6-20(7-9-21)10-11-22-14(3)4/h12-14H,6-11H2,1-5H3. The van der Waals surface area contributed by atoms with E-state index < -0.39 is 0 Å². The van der Waals surface area contributed by atoms with Crippen molar-refractivity contribution in [1.29, 1.82) is 0 Å². The summed E-state index contributed by atoms with van der Waals surface area (Å²) >= 11 is 0. The zero-order valence-corrected chi connectivity index (χ0v) is 14.7. The van der Waals surface area contributed by atoms with Crippen molar-refractivity contribution in [3.8, 4) is 0 Å². The quantitative estimate of drug-likeness (QED) is 0.807. The fraction of sp³-hybridized carbons (Fsp3) is 0.765. The molecule has 1 aliphatic heterocycles. The van der Waals surface area contributed by atoms with Gasteiger partial charge >= 0.3 is 0 Å². The first kappa shape index (κ1) is 17.2. The molecule has 0 aromatic carbocycles. The van der Waals surface area contributed by atoms with Crippen LogP contribution in [0.4, 0.5) is 5.82 Å². The molecule has 5 nitrogen and oxygen atoms in total. The van der Waals surface area contributed by atoms with Crippen LogP contribution in [0.3, 0.4) is 0 Å². The molecule has 22 heavy (non-hydrogen) atoms. The molecule has 0 bridgehead atoms. The zero-order valence-electron chi connectivity index (χ0n) is 14.7. The van der Waals surface area contributed by atoms with Crippen LogP contribution in [0.15, 0.2) is 6.07 Å². The molecule has 1 aromatic heterocycles. The summed E-state index contributed by atoms with van der Waals surface area (Å²) in [4.78, 5) is 14.1. The number of hydrogen-bond acceptors (Lipinski definition) is 5. The number of hydrogen-bond donors (Lipinski definition) is 0. The largest absolute Gasteiger partial charge is 0.377 e. The van der Waals surface area contributed by atoms with Gasteiger partial charge in [0.25, 0.3) is 0 Å². The van der Waals surface area contributed by atoms with Gasteiger partial charge in [-0.15, -0.1) is 0 Å². The lowest BCUT2D eigenvalue weighted by Crippen LogP contribution is -2.47. The van der Waals surface area contributed by atoms with Crippen LogP contribution >= 0.6 is 0 Å². The second-order valence-corrected chi connectivity index (χ2v) is 6.63. The SMILES string of the molecule is Cc1cc(N2CCN(CCOC(C)C)CC2)nc(C(C)C)n1. The third-order valence-electron chi connectivity index (χ3n) is 3.93. The Balaban J connectivity index is 1.89. The molecule has 1 saturated heterocycles. The van der Waals surface area contributed by atoms with Gasteiger partial charge in [0.05, 0.1) is 12.7 Å². The van der Waals surface area contributed by atoms with E-state index in [0.717, 1.165) is 56.7 Å². The van der Waals surface area contributed by atoms with Gasteiger partial charge in [-0.2, -0.15) is 0 Å². The maximum atomic E-state index is 5.64. The molecule has 0 spiro atoms. The van der Waals surface area contributed by atoms with Gasteiger partial charge in [-0.1, -0.05) is 13.8 Å². The lowest BCUT2D eigenvalue weighted by atomic mass is 10.2. The number of aromatic nitrogens is 2. The number of aryl methyl sites for hydroxylation is 1. The summed E-state index contributed by atoms with van der Waals surface area (Å²) in [5.41, 5.74) is 1.06. The third-order valence-corrected chi connectivity index (χ3v) is 3.93. The maximum Gasteiger partial charge on any atom is 0.133 e. The Morgan fingerprint density at radius 2 is 1.77 bits per heavy atom. The molecule has 0 radical (unpaired) electrons. The predicted molar refractivity (Wildman–Crippen MR) is 90.6 cm³/mol. The van der Waals surface area contributed by atoms with Crippen LogP contribution < -0.4 is 4.90 Å². The highest BCUT2D eigenvalue weighted by Gasteiger charge is 2.19. The van der Waals surface area contributed by atoms with E-state index in [-0.39, 0.29) is 0 Å². The van der Waals surface area contributed by atoms with Gasteiger partial charge in [-0.25, -0.2) is 9.97 Å². The van der Waals surface area contributed by atoms with Crippen molar-refractivity contribution < 1.29 is 4.74 Å². The van der Waals surface area contributed by atoms with Crippen LogP contribution in [0.2, 0.25) is 0 Å².